The summed E-state index contributed by atoms with van der Waals surface area (Å²) in [4.78, 5) is 12.2. The van der Waals surface area contributed by atoms with Gasteiger partial charge in [-0.15, -0.1) is 0 Å². The second kappa shape index (κ2) is 5.97. The second-order valence-corrected chi connectivity index (χ2v) is 2.69. The fourth-order valence-corrected chi connectivity index (χ4v) is 0.735. The van der Waals surface area contributed by atoms with Crippen molar-refractivity contribution < 1.29 is 14.6 Å². The minimum atomic E-state index is -0.797. The molecule has 0 saturated carbocycles. The Bertz CT molecular complexity index is 138. The summed E-state index contributed by atoms with van der Waals surface area (Å²) in [7, 11) is 1.78. The predicted octanol–water partition coefficient (Wildman–Crippen LogP) is 0.428. The number of carboxylic acid groups (broad SMARTS) is 1. The molecular formula is C8H17NO3. The molecule has 12 heavy (non-hydrogen) atoms. The van der Waals surface area contributed by atoms with Gasteiger partial charge in [0.05, 0.1) is 6.61 Å². The third-order valence-corrected chi connectivity index (χ3v) is 1.81. The van der Waals surface area contributed by atoms with Crippen LogP contribution in [-0.2, 0) is 9.53 Å². The van der Waals surface area contributed by atoms with Crippen molar-refractivity contribution in [1.29, 1.82) is 0 Å². The van der Waals surface area contributed by atoms with Crippen LogP contribution in [0.1, 0.15) is 13.8 Å². The lowest BCUT2D eigenvalue weighted by Crippen LogP contribution is -2.37. The normalized spacial score (nSPS) is 13.3. The average molecular weight is 175 g/mol. The standard InChI is InChI=1S/C8H17NO3/c1-4-12-6-5-9(3)7(2)8(10)11/h7H,4-6H2,1-3H3,(H,10,11). The van der Waals surface area contributed by atoms with Gasteiger partial charge in [0.2, 0.25) is 0 Å². The van der Waals surface area contributed by atoms with E-state index < -0.39 is 12.0 Å². The number of carboxylic acids is 1. The van der Waals surface area contributed by atoms with Gasteiger partial charge in [0, 0.05) is 13.2 Å². The third-order valence-electron chi connectivity index (χ3n) is 1.81. The van der Waals surface area contributed by atoms with Gasteiger partial charge >= 0.3 is 5.97 Å². The van der Waals surface area contributed by atoms with Gasteiger partial charge in [-0.25, -0.2) is 0 Å². The summed E-state index contributed by atoms with van der Waals surface area (Å²) in [5.74, 6) is -0.797. The van der Waals surface area contributed by atoms with Crippen LogP contribution in [0.25, 0.3) is 0 Å². The lowest BCUT2D eigenvalue weighted by molar-refractivity contribution is -0.142. The van der Waals surface area contributed by atoms with Crippen molar-refractivity contribution in [2.24, 2.45) is 0 Å². The number of carbonyl (C=O) groups is 1. The molecule has 4 nitrogen and oxygen atoms in total. The molecule has 0 aliphatic heterocycles. The first-order chi connectivity index (χ1) is 5.59. The first-order valence-corrected chi connectivity index (χ1v) is 4.10. The molecule has 0 bridgehead atoms. The quantitative estimate of drug-likeness (QED) is 0.595. The zero-order chi connectivity index (χ0) is 9.56. The van der Waals surface area contributed by atoms with Gasteiger partial charge in [-0.3, -0.25) is 9.69 Å². The number of likely N-dealkylation sites (N-methyl/N-ethyl adjacent to an activating group) is 1. The molecule has 0 aromatic rings. The van der Waals surface area contributed by atoms with Gasteiger partial charge in [0.1, 0.15) is 6.04 Å². The SMILES string of the molecule is CCOCCN(C)C(C)C(=O)O. The lowest BCUT2D eigenvalue weighted by Gasteiger charge is -2.20. The summed E-state index contributed by atoms with van der Waals surface area (Å²) in [6, 6.07) is -0.439. The Labute approximate surface area is 73.1 Å². The molecular weight excluding hydrogens is 158 g/mol. The molecule has 0 amide bonds. The molecule has 0 heterocycles. The molecule has 0 fully saturated rings. The van der Waals surface area contributed by atoms with Crippen molar-refractivity contribution in [3.63, 3.8) is 0 Å². The maximum absolute atomic E-state index is 10.5. The highest BCUT2D eigenvalue weighted by atomic mass is 16.5. The van der Waals surface area contributed by atoms with Crippen LogP contribution in [0, 0.1) is 0 Å². The molecule has 0 aromatic heterocycles. The van der Waals surface area contributed by atoms with Crippen LogP contribution in [0.3, 0.4) is 0 Å². The predicted molar refractivity (Wildman–Crippen MR) is 46.2 cm³/mol. The molecule has 0 aliphatic carbocycles. The van der Waals surface area contributed by atoms with Crippen molar-refractivity contribution in [2.45, 2.75) is 19.9 Å². The Morgan fingerprint density at radius 2 is 2.25 bits per heavy atom. The van der Waals surface area contributed by atoms with Crippen LogP contribution >= 0.6 is 0 Å². The van der Waals surface area contributed by atoms with Crippen molar-refractivity contribution in [3.8, 4) is 0 Å². The molecule has 1 atom stereocenters. The van der Waals surface area contributed by atoms with Gasteiger partial charge in [-0.1, -0.05) is 0 Å². The Hall–Kier alpha value is -0.610. The summed E-state index contributed by atoms with van der Waals surface area (Å²) in [6.45, 7) is 5.50. The number of hydrogen-bond donors (Lipinski definition) is 1. The zero-order valence-electron chi connectivity index (χ0n) is 7.91. The first-order valence-electron chi connectivity index (χ1n) is 4.10. The largest absolute Gasteiger partial charge is 0.480 e. The van der Waals surface area contributed by atoms with E-state index in [-0.39, 0.29) is 0 Å². The highest BCUT2D eigenvalue weighted by Gasteiger charge is 2.15. The van der Waals surface area contributed by atoms with E-state index >= 15 is 0 Å². The van der Waals surface area contributed by atoms with Gasteiger partial charge in [-0.05, 0) is 20.9 Å². The maximum atomic E-state index is 10.5. The fourth-order valence-electron chi connectivity index (χ4n) is 0.735. The fraction of sp³-hybridized carbons (Fsp3) is 0.875. The molecule has 4 heteroatoms. The molecule has 0 aromatic carbocycles. The van der Waals surface area contributed by atoms with Gasteiger partial charge < -0.3 is 9.84 Å². The zero-order valence-corrected chi connectivity index (χ0v) is 7.91. The summed E-state index contributed by atoms with van der Waals surface area (Å²) in [5, 5.41) is 8.63. The topological polar surface area (TPSA) is 49.8 Å². The van der Waals surface area contributed by atoms with Crippen molar-refractivity contribution >= 4 is 5.97 Å². The van der Waals surface area contributed by atoms with E-state index in [1.807, 2.05) is 6.92 Å². The lowest BCUT2D eigenvalue weighted by atomic mass is 10.3. The van der Waals surface area contributed by atoms with Crippen LogP contribution < -0.4 is 0 Å². The van der Waals surface area contributed by atoms with E-state index in [4.69, 9.17) is 9.84 Å². The van der Waals surface area contributed by atoms with Crippen LogP contribution in [0.2, 0.25) is 0 Å². The Balaban J connectivity index is 3.56. The van der Waals surface area contributed by atoms with E-state index in [1.54, 1.807) is 18.9 Å². The first kappa shape index (κ1) is 11.4. The summed E-state index contributed by atoms with van der Waals surface area (Å²) in [6.07, 6.45) is 0. The summed E-state index contributed by atoms with van der Waals surface area (Å²) >= 11 is 0. The van der Waals surface area contributed by atoms with Crippen molar-refractivity contribution in [1.82, 2.24) is 4.90 Å². The van der Waals surface area contributed by atoms with Gasteiger partial charge in [0.25, 0.3) is 0 Å². The van der Waals surface area contributed by atoms with E-state index in [1.165, 1.54) is 0 Å². The summed E-state index contributed by atoms with van der Waals surface area (Å²) < 4.78 is 5.10. The van der Waals surface area contributed by atoms with Gasteiger partial charge in [0.15, 0.2) is 0 Å². The minimum Gasteiger partial charge on any atom is -0.480 e. The van der Waals surface area contributed by atoms with E-state index in [2.05, 4.69) is 0 Å². The number of hydrogen-bond acceptors (Lipinski definition) is 3. The smallest absolute Gasteiger partial charge is 0.320 e. The Morgan fingerprint density at radius 3 is 2.67 bits per heavy atom. The third kappa shape index (κ3) is 4.31. The molecule has 0 aliphatic rings. The Morgan fingerprint density at radius 1 is 1.67 bits per heavy atom. The molecule has 0 radical (unpaired) electrons. The van der Waals surface area contributed by atoms with E-state index in [9.17, 15) is 4.79 Å². The minimum absolute atomic E-state index is 0.439. The van der Waals surface area contributed by atoms with Gasteiger partial charge in [-0.2, -0.15) is 0 Å². The highest BCUT2D eigenvalue weighted by Crippen LogP contribution is 1.94. The van der Waals surface area contributed by atoms with E-state index in [0.29, 0.717) is 19.8 Å². The van der Waals surface area contributed by atoms with Crippen molar-refractivity contribution in [3.05, 3.63) is 0 Å². The monoisotopic (exact) mass is 175 g/mol. The van der Waals surface area contributed by atoms with Crippen LogP contribution in [0.5, 0.6) is 0 Å². The van der Waals surface area contributed by atoms with Crippen molar-refractivity contribution in [2.75, 3.05) is 26.8 Å². The second-order valence-electron chi connectivity index (χ2n) is 2.69. The Kier molecular flexibility index (Phi) is 5.66. The van der Waals surface area contributed by atoms with Crippen LogP contribution in [0.15, 0.2) is 0 Å². The number of rotatable bonds is 6. The summed E-state index contributed by atoms with van der Waals surface area (Å²) in [5.41, 5.74) is 0. The number of ether oxygens (including phenoxy) is 1. The van der Waals surface area contributed by atoms with Crippen LogP contribution in [-0.4, -0.2) is 48.8 Å². The number of nitrogens with zero attached hydrogens (tertiary/aromatic N) is 1. The molecule has 1 N–H and O–H groups in total. The highest BCUT2D eigenvalue weighted by molar-refractivity contribution is 5.72. The molecule has 0 rings (SSSR count). The maximum Gasteiger partial charge on any atom is 0.320 e. The van der Waals surface area contributed by atoms with E-state index in [0.717, 1.165) is 0 Å². The molecule has 0 spiro atoms. The van der Waals surface area contributed by atoms with Crippen LogP contribution in [0.4, 0.5) is 0 Å². The molecule has 0 saturated heterocycles. The number of aliphatic carboxylic acids is 1. The molecule has 1 unspecified atom stereocenters. The average Bonchev–Trinajstić information content (AvgIpc) is 2.03. The molecule has 72 valence electrons.